The van der Waals surface area contributed by atoms with Gasteiger partial charge < -0.3 is 10.2 Å². The fourth-order valence-electron chi connectivity index (χ4n) is 4.11. The number of nitrogens with one attached hydrogen (secondary N) is 1. The number of nitrogens with zero attached hydrogens (tertiary/aromatic N) is 4. The summed E-state index contributed by atoms with van der Waals surface area (Å²) in [6, 6.07) is 3.76. The lowest BCUT2D eigenvalue weighted by Gasteiger charge is -2.26. The van der Waals surface area contributed by atoms with Crippen LogP contribution in [0.1, 0.15) is 59.4 Å². The molecule has 1 aliphatic carbocycles. The lowest BCUT2D eigenvalue weighted by Crippen LogP contribution is -2.34. The van der Waals surface area contributed by atoms with Crippen LogP contribution < -0.4 is 5.32 Å². The van der Waals surface area contributed by atoms with Crippen molar-refractivity contribution in [2.24, 2.45) is 13.0 Å². The van der Waals surface area contributed by atoms with E-state index in [1.54, 1.807) is 17.1 Å². The quantitative estimate of drug-likeness (QED) is 0.898. The largest absolute Gasteiger partial charge is 0.346 e. The zero-order valence-electron chi connectivity index (χ0n) is 15.6. The molecule has 7 heteroatoms. The first-order valence-electron chi connectivity index (χ1n) is 9.64. The molecule has 1 aliphatic heterocycles. The average Bonchev–Trinajstić information content (AvgIpc) is 3.28. The van der Waals surface area contributed by atoms with Crippen LogP contribution in [0.5, 0.6) is 0 Å². The van der Waals surface area contributed by atoms with E-state index in [9.17, 15) is 9.59 Å². The first-order chi connectivity index (χ1) is 13.1. The average molecular weight is 367 g/mol. The molecule has 0 aromatic carbocycles. The van der Waals surface area contributed by atoms with Crippen LogP contribution in [0.15, 0.2) is 24.5 Å². The number of amides is 2. The predicted molar refractivity (Wildman–Crippen MR) is 99.4 cm³/mol. The van der Waals surface area contributed by atoms with Gasteiger partial charge in [0.1, 0.15) is 0 Å². The van der Waals surface area contributed by atoms with E-state index in [1.165, 1.54) is 6.42 Å². The molecule has 4 rings (SSSR count). The van der Waals surface area contributed by atoms with Gasteiger partial charge in [-0.2, -0.15) is 5.10 Å². The first-order valence-corrected chi connectivity index (χ1v) is 9.64. The van der Waals surface area contributed by atoms with Crippen molar-refractivity contribution >= 4 is 11.8 Å². The summed E-state index contributed by atoms with van der Waals surface area (Å²) in [4.78, 5) is 31.5. The molecule has 2 aromatic heterocycles. The highest BCUT2D eigenvalue weighted by Gasteiger charge is 2.35. The number of carbonyl (C=O) groups is 2. The van der Waals surface area contributed by atoms with Crippen LogP contribution in [0.2, 0.25) is 0 Å². The van der Waals surface area contributed by atoms with E-state index in [1.807, 2.05) is 24.1 Å². The summed E-state index contributed by atoms with van der Waals surface area (Å²) in [7, 11) is 1.84. The third-order valence-electron chi connectivity index (χ3n) is 5.62. The van der Waals surface area contributed by atoms with Crippen molar-refractivity contribution in [3.05, 3.63) is 47.0 Å². The van der Waals surface area contributed by atoms with Crippen molar-refractivity contribution in [1.29, 1.82) is 0 Å². The first kappa shape index (κ1) is 17.7. The molecule has 0 saturated heterocycles. The summed E-state index contributed by atoms with van der Waals surface area (Å²) in [6.45, 7) is 1.43. The van der Waals surface area contributed by atoms with Crippen LogP contribution in [0.3, 0.4) is 0 Å². The second-order valence-corrected chi connectivity index (χ2v) is 7.47. The maximum atomic E-state index is 12.9. The number of carbonyl (C=O) groups excluding carboxylic acids is 2. The summed E-state index contributed by atoms with van der Waals surface area (Å²) >= 11 is 0. The molecule has 0 bridgehead atoms. The van der Waals surface area contributed by atoms with E-state index >= 15 is 0 Å². The van der Waals surface area contributed by atoms with Crippen molar-refractivity contribution < 1.29 is 9.59 Å². The van der Waals surface area contributed by atoms with E-state index < -0.39 is 0 Å². The van der Waals surface area contributed by atoms with Crippen molar-refractivity contribution in [2.45, 2.75) is 51.7 Å². The highest BCUT2D eigenvalue weighted by molar-refractivity contribution is 5.94. The highest BCUT2D eigenvalue weighted by Crippen LogP contribution is 2.31. The SMILES string of the molecule is Cn1nc(C(=O)NCc2cccnc2)c2c1CN(C(=O)C1CCCCC1)C2. The molecule has 142 valence electrons. The summed E-state index contributed by atoms with van der Waals surface area (Å²) in [5, 5.41) is 7.31. The third-order valence-corrected chi connectivity index (χ3v) is 5.62. The number of hydrogen-bond acceptors (Lipinski definition) is 4. The lowest BCUT2D eigenvalue weighted by molar-refractivity contribution is -0.137. The Bertz CT molecular complexity index is 840. The highest BCUT2D eigenvalue weighted by atomic mass is 16.2. The molecule has 2 aromatic rings. The minimum absolute atomic E-state index is 0.142. The maximum absolute atomic E-state index is 12.9. The smallest absolute Gasteiger partial charge is 0.272 e. The molecule has 2 amide bonds. The molecule has 0 radical (unpaired) electrons. The number of aryl methyl sites for hydroxylation is 1. The molecule has 7 nitrogen and oxygen atoms in total. The molecule has 1 N–H and O–H groups in total. The van der Waals surface area contributed by atoms with Gasteiger partial charge in [0, 0.05) is 37.5 Å². The Balaban J connectivity index is 1.45. The van der Waals surface area contributed by atoms with Gasteiger partial charge in [-0.25, -0.2) is 0 Å². The van der Waals surface area contributed by atoms with Crippen LogP contribution in [-0.4, -0.2) is 31.5 Å². The van der Waals surface area contributed by atoms with Gasteiger partial charge in [-0.15, -0.1) is 0 Å². The summed E-state index contributed by atoms with van der Waals surface area (Å²) in [5.41, 5.74) is 3.21. The zero-order valence-corrected chi connectivity index (χ0v) is 15.6. The van der Waals surface area contributed by atoms with Gasteiger partial charge in [0.05, 0.1) is 18.8 Å². The number of fused-ring (bicyclic) bond motifs is 1. The standard InChI is InChI=1S/C20H25N5O2/c1-24-17-13-25(20(27)15-7-3-2-4-8-15)12-16(17)18(23-24)19(26)22-11-14-6-5-9-21-10-14/h5-6,9-10,15H,2-4,7-8,11-13H2,1H3,(H,22,26). The molecule has 1 fully saturated rings. The second kappa shape index (κ2) is 7.50. The van der Waals surface area contributed by atoms with E-state index in [0.29, 0.717) is 25.3 Å². The van der Waals surface area contributed by atoms with Crippen LogP contribution in [-0.2, 0) is 31.5 Å². The van der Waals surface area contributed by atoms with Gasteiger partial charge >= 0.3 is 0 Å². The summed E-state index contributed by atoms with van der Waals surface area (Å²) in [5.74, 6) is 0.166. The molecule has 0 spiro atoms. The molecule has 2 aliphatic rings. The zero-order chi connectivity index (χ0) is 18.8. The minimum Gasteiger partial charge on any atom is -0.346 e. The summed E-state index contributed by atoms with van der Waals surface area (Å²) in [6.07, 6.45) is 8.92. The van der Waals surface area contributed by atoms with E-state index in [2.05, 4.69) is 15.4 Å². The number of pyridine rings is 1. The van der Waals surface area contributed by atoms with Gasteiger partial charge in [0.15, 0.2) is 5.69 Å². The van der Waals surface area contributed by atoms with E-state index in [4.69, 9.17) is 0 Å². The van der Waals surface area contributed by atoms with E-state index in [-0.39, 0.29) is 17.7 Å². The lowest BCUT2D eigenvalue weighted by atomic mass is 9.88. The second-order valence-electron chi connectivity index (χ2n) is 7.47. The van der Waals surface area contributed by atoms with Crippen LogP contribution >= 0.6 is 0 Å². The van der Waals surface area contributed by atoms with Crippen molar-refractivity contribution in [1.82, 2.24) is 25.0 Å². The van der Waals surface area contributed by atoms with Crippen LogP contribution in [0, 0.1) is 5.92 Å². The third kappa shape index (κ3) is 3.59. The number of hydrogen-bond donors (Lipinski definition) is 1. The Morgan fingerprint density at radius 1 is 1.22 bits per heavy atom. The molecule has 27 heavy (non-hydrogen) atoms. The Morgan fingerprint density at radius 2 is 2.04 bits per heavy atom. The van der Waals surface area contributed by atoms with Crippen LogP contribution in [0.4, 0.5) is 0 Å². The predicted octanol–water partition coefficient (Wildman–Crippen LogP) is 2.17. The van der Waals surface area contributed by atoms with Gasteiger partial charge in [0.2, 0.25) is 5.91 Å². The van der Waals surface area contributed by atoms with Gasteiger partial charge in [-0.1, -0.05) is 25.3 Å². The molecule has 0 unspecified atom stereocenters. The van der Waals surface area contributed by atoms with E-state index in [0.717, 1.165) is 42.5 Å². The fourth-order valence-corrected chi connectivity index (χ4v) is 4.11. The minimum atomic E-state index is -0.206. The fraction of sp³-hybridized carbons (Fsp3) is 0.500. The number of aromatic nitrogens is 3. The topological polar surface area (TPSA) is 80.1 Å². The Hall–Kier alpha value is -2.70. The Kier molecular flexibility index (Phi) is 4.92. The van der Waals surface area contributed by atoms with Gasteiger partial charge in [0.25, 0.3) is 5.91 Å². The van der Waals surface area contributed by atoms with Gasteiger partial charge in [-0.3, -0.25) is 19.3 Å². The molecule has 1 saturated carbocycles. The molecular weight excluding hydrogens is 342 g/mol. The molecule has 3 heterocycles. The Morgan fingerprint density at radius 3 is 2.78 bits per heavy atom. The Labute approximate surface area is 158 Å². The molecule has 0 atom stereocenters. The summed E-state index contributed by atoms with van der Waals surface area (Å²) < 4.78 is 1.74. The van der Waals surface area contributed by atoms with Crippen molar-refractivity contribution in [3.8, 4) is 0 Å². The van der Waals surface area contributed by atoms with Crippen molar-refractivity contribution in [2.75, 3.05) is 0 Å². The number of rotatable bonds is 4. The van der Waals surface area contributed by atoms with Crippen LogP contribution in [0.25, 0.3) is 0 Å². The maximum Gasteiger partial charge on any atom is 0.272 e. The van der Waals surface area contributed by atoms with Gasteiger partial charge in [-0.05, 0) is 24.5 Å². The monoisotopic (exact) mass is 367 g/mol. The normalized spacial score (nSPS) is 17.0. The van der Waals surface area contributed by atoms with Crippen molar-refractivity contribution in [3.63, 3.8) is 0 Å². The molecular formula is C20H25N5O2.